The van der Waals surface area contributed by atoms with E-state index in [9.17, 15) is 14.4 Å². The molecule has 1 atom stereocenters. The van der Waals surface area contributed by atoms with Crippen molar-refractivity contribution in [2.45, 2.75) is 76.9 Å². The molecule has 0 aromatic rings. The molecule has 2 heterocycles. The first-order valence-electron chi connectivity index (χ1n) is 9.10. The summed E-state index contributed by atoms with van der Waals surface area (Å²) in [5.74, 6) is -0.252. The number of amides is 3. The maximum absolute atomic E-state index is 12.6. The predicted octanol–water partition coefficient (Wildman–Crippen LogP) is 1.77. The second-order valence-corrected chi connectivity index (χ2v) is 8.13. The van der Waals surface area contributed by atoms with Crippen molar-refractivity contribution in [1.82, 2.24) is 10.2 Å². The van der Waals surface area contributed by atoms with Gasteiger partial charge in [0.05, 0.1) is 11.0 Å². The first kappa shape index (κ1) is 17.4. The van der Waals surface area contributed by atoms with Crippen LogP contribution in [0.15, 0.2) is 0 Å². The van der Waals surface area contributed by atoms with Crippen LogP contribution in [0.3, 0.4) is 0 Å². The monoisotopic (exact) mass is 336 g/mol. The summed E-state index contributed by atoms with van der Waals surface area (Å²) in [6.07, 6.45) is 5.78. The minimum Gasteiger partial charge on any atom is -0.375 e. The molecule has 3 amide bonds. The third-order valence-corrected chi connectivity index (χ3v) is 5.67. The third-order valence-electron chi connectivity index (χ3n) is 5.67. The molecule has 3 fully saturated rings. The number of rotatable bonds is 4. The van der Waals surface area contributed by atoms with E-state index in [4.69, 9.17) is 4.74 Å². The molecule has 3 aliphatic rings. The number of carbonyl (C=O) groups is 3. The average molecular weight is 336 g/mol. The molecule has 2 aliphatic heterocycles. The van der Waals surface area contributed by atoms with Crippen LogP contribution in [-0.2, 0) is 19.1 Å². The van der Waals surface area contributed by atoms with Crippen molar-refractivity contribution in [1.29, 1.82) is 0 Å². The molecule has 0 bridgehead atoms. The molecule has 1 N–H and O–H groups in total. The molecule has 2 saturated heterocycles. The van der Waals surface area contributed by atoms with E-state index in [1.807, 2.05) is 13.8 Å². The summed E-state index contributed by atoms with van der Waals surface area (Å²) in [5, 5.41) is 3.02. The zero-order chi connectivity index (χ0) is 17.4. The molecule has 1 spiro atoms. The Balaban J connectivity index is 1.49. The number of nitrogens with one attached hydrogen (secondary N) is 1. The maximum Gasteiger partial charge on any atom is 0.235 e. The van der Waals surface area contributed by atoms with Crippen molar-refractivity contribution in [2.75, 3.05) is 13.2 Å². The van der Waals surface area contributed by atoms with E-state index in [1.165, 1.54) is 4.90 Å². The first-order valence-corrected chi connectivity index (χ1v) is 9.10. The number of ether oxygens (including phenoxy) is 1. The lowest BCUT2D eigenvalue weighted by molar-refractivity contribution is -0.141. The van der Waals surface area contributed by atoms with Crippen molar-refractivity contribution in [2.24, 2.45) is 5.41 Å². The van der Waals surface area contributed by atoms with Gasteiger partial charge in [0.15, 0.2) is 0 Å². The zero-order valence-electron chi connectivity index (χ0n) is 14.7. The maximum atomic E-state index is 12.6. The van der Waals surface area contributed by atoms with Crippen molar-refractivity contribution in [3.8, 4) is 0 Å². The molecule has 24 heavy (non-hydrogen) atoms. The molecule has 0 radical (unpaired) electrons. The van der Waals surface area contributed by atoms with Gasteiger partial charge < -0.3 is 10.1 Å². The second kappa shape index (κ2) is 6.47. The highest BCUT2D eigenvalue weighted by atomic mass is 16.5. The van der Waals surface area contributed by atoms with Crippen LogP contribution in [0.25, 0.3) is 0 Å². The number of likely N-dealkylation sites (tertiary alicyclic amines) is 1. The average Bonchev–Trinajstić information content (AvgIpc) is 3.03. The quantitative estimate of drug-likeness (QED) is 0.794. The van der Waals surface area contributed by atoms with Gasteiger partial charge >= 0.3 is 0 Å². The standard InChI is InChI=1S/C18H28N2O4/c1-17(2)11-13(6-10-24-17)19-14(21)5-9-20-15(22)12-18(16(20)23)7-3-4-8-18/h13H,3-12H2,1-2H3,(H,19,21)/t13-/m0/s1. The molecule has 6 nitrogen and oxygen atoms in total. The Bertz CT molecular complexity index is 537. The highest BCUT2D eigenvalue weighted by molar-refractivity contribution is 6.06. The van der Waals surface area contributed by atoms with E-state index < -0.39 is 5.41 Å². The Kier molecular flexibility index (Phi) is 4.69. The molecule has 1 aliphatic carbocycles. The molecule has 1 saturated carbocycles. The normalized spacial score (nSPS) is 28.6. The van der Waals surface area contributed by atoms with Crippen LogP contribution in [0.4, 0.5) is 0 Å². The molecular weight excluding hydrogens is 308 g/mol. The summed E-state index contributed by atoms with van der Waals surface area (Å²) in [4.78, 5) is 38.3. The van der Waals surface area contributed by atoms with Gasteiger partial charge in [-0.1, -0.05) is 12.8 Å². The van der Waals surface area contributed by atoms with E-state index in [0.29, 0.717) is 13.0 Å². The van der Waals surface area contributed by atoms with E-state index >= 15 is 0 Å². The van der Waals surface area contributed by atoms with Gasteiger partial charge in [0.2, 0.25) is 17.7 Å². The number of carbonyl (C=O) groups excluding carboxylic acids is 3. The largest absolute Gasteiger partial charge is 0.375 e. The Hall–Kier alpha value is -1.43. The SMILES string of the molecule is CC1(C)C[C@@H](NC(=O)CCN2C(=O)CC3(CCCC3)C2=O)CCO1. The van der Waals surface area contributed by atoms with Gasteiger partial charge in [0, 0.05) is 32.0 Å². The minimum absolute atomic E-state index is 0.0509. The van der Waals surface area contributed by atoms with Crippen molar-refractivity contribution in [3.05, 3.63) is 0 Å². The molecule has 0 aromatic carbocycles. The molecule has 0 aromatic heterocycles. The molecule has 6 heteroatoms. The summed E-state index contributed by atoms with van der Waals surface area (Å²) >= 11 is 0. The Morgan fingerprint density at radius 1 is 1.29 bits per heavy atom. The van der Waals surface area contributed by atoms with Gasteiger partial charge in [-0.2, -0.15) is 0 Å². The van der Waals surface area contributed by atoms with E-state index in [1.54, 1.807) is 0 Å². The predicted molar refractivity (Wildman–Crippen MR) is 88.1 cm³/mol. The van der Waals surface area contributed by atoms with Crippen LogP contribution in [-0.4, -0.2) is 47.4 Å². The van der Waals surface area contributed by atoms with E-state index in [0.717, 1.165) is 38.5 Å². The smallest absolute Gasteiger partial charge is 0.235 e. The van der Waals surface area contributed by atoms with Gasteiger partial charge in [-0.15, -0.1) is 0 Å². The van der Waals surface area contributed by atoms with Gasteiger partial charge in [-0.25, -0.2) is 0 Å². The number of hydrogen-bond acceptors (Lipinski definition) is 4. The summed E-state index contributed by atoms with van der Waals surface area (Å²) in [7, 11) is 0. The van der Waals surface area contributed by atoms with Crippen LogP contribution in [0, 0.1) is 5.41 Å². The Labute approximate surface area is 143 Å². The first-order chi connectivity index (χ1) is 11.3. The fourth-order valence-corrected chi connectivity index (χ4v) is 4.40. The van der Waals surface area contributed by atoms with Crippen LogP contribution in [0.1, 0.15) is 65.2 Å². The topological polar surface area (TPSA) is 75.7 Å². The van der Waals surface area contributed by atoms with Gasteiger partial charge in [0.25, 0.3) is 0 Å². The minimum atomic E-state index is -0.446. The van der Waals surface area contributed by atoms with Gasteiger partial charge in [-0.3, -0.25) is 19.3 Å². The summed E-state index contributed by atoms with van der Waals surface area (Å²) < 4.78 is 5.65. The van der Waals surface area contributed by atoms with Crippen molar-refractivity contribution >= 4 is 17.7 Å². The second-order valence-electron chi connectivity index (χ2n) is 8.13. The fourth-order valence-electron chi connectivity index (χ4n) is 4.40. The van der Waals surface area contributed by atoms with Gasteiger partial charge in [0.1, 0.15) is 0 Å². The van der Waals surface area contributed by atoms with Crippen LogP contribution in [0.2, 0.25) is 0 Å². The summed E-state index contributed by atoms with van der Waals surface area (Å²) in [5.41, 5.74) is -0.662. The van der Waals surface area contributed by atoms with E-state index in [2.05, 4.69) is 5.32 Å². The highest BCUT2D eigenvalue weighted by Gasteiger charge is 2.52. The molecule has 0 unspecified atom stereocenters. The lowest BCUT2D eigenvalue weighted by Gasteiger charge is -2.35. The lowest BCUT2D eigenvalue weighted by atomic mass is 9.84. The zero-order valence-corrected chi connectivity index (χ0v) is 14.7. The Morgan fingerprint density at radius 3 is 2.67 bits per heavy atom. The number of hydrogen-bond donors (Lipinski definition) is 1. The Morgan fingerprint density at radius 2 is 2.00 bits per heavy atom. The highest BCUT2D eigenvalue weighted by Crippen LogP contribution is 2.46. The summed E-state index contributed by atoms with van der Waals surface area (Å²) in [6.45, 7) is 4.89. The summed E-state index contributed by atoms with van der Waals surface area (Å²) in [6, 6.07) is 0.104. The fraction of sp³-hybridized carbons (Fsp3) is 0.833. The molecular formula is C18H28N2O4. The number of imide groups is 1. The van der Waals surface area contributed by atoms with Crippen LogP contribution in [0.5, 0.6) is 0 Å². The van der Waals surface area contributed by atoms with Crippen molar-refractivity contribution in [3.63, 3.8) is 0 Å². The molecule has 3 rings (SSSR count). The van der Waals surface area contributed by atoms with Crippen LogP contribution < -0.4 is 5.32 Å². The van der Waals surface area contributed by atoms with Crippen molar-refractivity contribution < 1.29 is 19.1 Å². The number of nitrogens with zero attached hydrogens (tertiary/aromatic N) is 1. The van der Waals surface area contributed by atoms with Gasteiger partial charge in [-0.05, 0) is 39.5 Å². The van der Waals surface area contributed by atoms with Crippen LogP contribution >= 0.6 is 0 Å². The lowest BCUT2D eigenvalue weighted by Crippen LogP contribution is -2.46. The molecule has 134 valence electrons. The third kappa shape index (κ3) is 3.48. The van der Waals surface area contributed by atoms with E-state index in [-0.39, 0.29) is 42.3 Å².